The van der Waals surface area contributed by atoms with E-state index >= 15 is 0 Å². The molecular weight excluding hydrogens is 806 g/mol. The zero-order chi connectivity index (χ0) is 41.7. The Labute approximate surface area is 330 Å². The number of carbonyl (C=O) groups excluding carboxylic acids is 1. The normalized spacial score (nSPS) is 25.4. The molecule has 21 nitrogen and oxygen atoms in total. The number of nitrogens with one attached hydrogen (secondary N) is 2. The predicted octanol–water partition coefficient (Wildman–Crippen LogP) is 4.12. The molecule has 0 spiro atoms. The van der Waals surface area contributed by atoms with Gasteiger partial charge in [-0.1, -0.05) is 34.6 Å². The van der Waals surface area contributed by atoms with Crippen molar-refractivity contribution in [3.05, 3.63) is 35.3 Å². The van der Waals surface area contributed by atoms with Crippen LogP contribution in [0.15, 0.2) is 29.7 Å². The molecule has 3 aromatic heterocycles. The third kappa shape index (κ3) is 10.9. The number of nitrogens with zero attached hydrogens (tertiary/aromatic N) is 6. The average Bonchev–Trinajstić information content (AvgIpc) is 3.82. The van der Waals surface area contributed by atoms with Gasteiger partial charge in [0.05, 0.1) is 38.6 Å². The molecule has 57 heavy (non-hydrogen) atoms. The van der Waals surface area contributed by atoms with Gasteiger partial charge in [-0.25, -0.2) is 19.5 Å². The predicted molar refractivity (Wildman–Crippen MR) is 203 cm³/mol. The summed E-state index contributed by atoms with van der Waals surface area (Å²) >= 11 is 0. The van der Waals surface area contributed by atoms with Crippen molar-refractivity contribution in [1.82, 2.24) is 29.5 Å². The molecule has 1 saturated carbocycles. The van der Waals surface area contributed by atoms with Crippen LogP contribution in [0, 0.1) is 23.2 Å². The molecule has 2 aliphatic rings. The first-order valence-electron chi connectivity index (χ1n) is 18.3. The molecule has 2 fully saturated rings. The summed E-state index contributed by atoms with van der Waals surface area (Å²) in [5, 5.41) is 22.2. The number of hydrogen-bond acceptors (Lipinski definition) is 17. The van der Waals surface area contributed by atoms with E-state index in [1.807, 2.05) is 39.9 Å². The zero-order valence-electron chi connectivity index (χ0n) is 32.6. The summed E-state index contributed by atoms with van der Waals surface area (Å²) in [5.74, 6) is -1.40. The fourth-order valence-electron chi connectivity index (χ4n) is 5.99. The van der Waals surface area contributed by atoms with Gasteiger partial charge >= 0.3 is 16.1 Å². The average molecular weight is 856 g/mol. The highest BCUT2D eigenvalue weighted by atomic mass is 31.2. The number of aliphatic hydroxyl groups is 1. The largest absolute Gasteiger partial charge is 0.695 e. The van der Waals surface area contributed by atoms with Crippen LogP contribution in [0.5, 0.6) is 5.88 Å². The van der Waals surface area contributed by atoms with Gasteiger partial charge in [-0.2, -0.15) is 10.2 Å². The number of hydrogen-bond donors (Lipinski definition) is 4. The number of aromatic nitrogens is 6. The fourth-order valence-corrected chi connectivity index (χ4v) is 9.21. The van der Waals surface area contributed by atoms with E-state index in [0.29, 0.717) is 0 Å². The topological polar surface area (TPSA) is 281 Å². The molecule has 1 saturated heterocycles. The molecule has 3 aromatic rings. The lowest BCUT2D eigenvalue weighted by molar-refractivity contribution is -0.118. The van der Waals surface area contributed by atoms with Gasteiger partial charge in [0.1, 0.15) is 36.8 Å². The number of phosphoric ester groups is 1. The highest BCUT2D eigenvalue weighted by molar-refractivity contribution is 7.48. The quantitative estimate of drug-likeness (QED) is 0.0795. The second kappa shape index (κ2) is 18.6. The van der Waals surface area contributed by atoms with Crippen LogP contribution in [0.4, 0.5) is 5.95 Å². The smallest absolute Gasteiger partial charge is 0.474 e. The van der Waals surface area contributed by atoms with Crippen molar-refractivity contribution in [3.63, 3.8) is 0 Å². The molecule has 1 amide bonds. The highest BCUT2D eigenvalue weighted by Crippen LogP contribution is 2.56. The van der Waals surface area contributed by atoms with E-state index in [1.54, 1.807) is 19.9 Å². The summed E-state index contributed by atoms with van der Waals surface area (Å²) in [4.78, 5) is 54.4. The monoisotopic (exact) mass is 855 g/mol. The molecule has 1 aliphatic heterocycles. The van der Waals surface area contributed by atoms with Gasteiger partial charge < -0.3 is 19.0 Å². The number of anilines is 1. The molecular formula is C33H49N8O13P2Si+. The van der Waals surface area contributed by atoms with E-state index in [-0.39, 0.29) is 60.5 Å². The summed E-state index contributed by atoms with van der Waals surface area (Å²) in [7, 11) is -10.5. The Morgan fingerprint density at radius 3 is 2.63 bits per heavy atom. The van der Waals surface area contributed by atoms with Gasteiger partial charge in [-0.15, -0.1) is 9.42 Å². The van der Waals surface area contributed by atoms with Crippen LogP contribution in [0.3, 0.4) is 0 Å². The van der Waals surface area contributed by atoms with E-state index in [9.17, 15) is 34.0 Å². The Hall–Kier alpha value is -3.58. The minimum Gasteiger partial charge on any atom is -0.474 e. The third-order valence-corrected chi connectivity index (χ3v) is 16.4. The number of aromatic amines is 1. The first-order valence-corrected chi connectivity index (χ1v) is 23.8. The van der Waals surface area contributed by atoms with Gasteiger partial charge in [0, 0.05) is 35.1 Å². The van der Waals surface area contributed by atoms with Crippen LogP contribution >= 0.6 is 16.1 Å². The van der Waals surface area contributed by atoms with Crippen LogP contribution in [-0.2, 0) is 41.2 Å². The molecule has 2 unspecified atom stereocenters. The van der Waals surface area contributed by atoms with Crippen LogP contribution < -0.4 is 15.6 Å². The molecule has 4 heterocycles. The number of nitriles is 1. The number of ether oxygens (including phenoxy) is 2. The second-order valence-corrected chi connectivity index (χ2v) is 22.5. The Bertz CT molecular complexity index is 2030. The van der Waals surface area contributed by atoms with Gasteiger partial charge in [-0.3, -0.25) is 38.0 Å². The van der Waals surface area contributed by atoms with Crippen molar-refractivity contribution < 1.29 is 55.9 Å². The zero-order valence-corrected chi connectivity index (χ0v) is 35.4. The highest BCUT2D eigenvalue weighted by Gasteiger charge is 2.55. The summed E-state index contributed by atoms with van der Waals surface area (Å²) in [6, 6.07) is 3.47. The maximum absolute atomic E-state index is 14.8. The molecule has 0 radical (unpaired) electrons. The number of fused-ring (bicyclic) bond motifs is 1. The third-order valence-electron chi connectivity index (χ3n) is 9.99. The molecule has 312 valence electrons. The van der Waals surface area contributed by atoms with E-state index in [2.05, 4.69) is 30.2 Å². The van der Waals surface area contributed by atoms with Gasteiger partial charge in [0.25, 0.3) is 5.56 Å². The van der Waals surface area contributed by atoms with E-state index in [0.717, 1.165) is 0 Å². The number of carbonyl (C=O) groups is 1. The van der Waals surface area contributed by atoms with Crippen molar-refractivity contribution in [2.45, 2.75) is 109 Å². The second-order valence-electron chi connectivity index (χ2n) is 15.4. The van der Waals surface area contributed by atoms with Gasteiger partial charge in [-0.05, 0) is 24.6 Å². The number of rotatable bonds is 18. The van der Waals surface area contributed by atoms with Crippen LogP contribution in [0.2, 0.25) is 18.1 Å². The first-order chi connectivity index (χ1) is 26.8. The molecule has 4 N–H and O–H groups in total. The summed E-state index contributed by atoms with van der Waals surface area (Å²) < 4.78 is 70.3. The number of aliphatic hydroxyl groups excluding tert-OH is 1. The van der Waals surface area contributed by atoms with Crippen molar-refractivity contribution in [2.24, 2.45) is 11.8 Å². The maximum Gasteiger partial charge on any atom is 0.695 e. The SMILES string of the molecule is CC(C)C(=O)Nc1nc2c(ncn2[C@@H]2O[C@H](CO)[C@@H](O[Si](C)(C)C(C)(C)C)[C@H]2OP(=O)(OCCC#N)OC[C@H]2C[C@@H](Oc3ccncn3)C[C@@H]2O[P+](=O)O)c(=O)[nH]1. The van der Waals surface area contributed by atoms with Crippen LogP contribution in [-0.4, -0.2) is 104 Å². The Morgan fingerprint density at radius 2 is 2.00 bits per heavy atom. The number of amides is 1. The molecule has 24 heteroatoms. The number of phosphoric acid groups is 1. The van der Waals surface area contributed by atoms with Crippen molar-refractivity contribution >= 4 is 47.4 Å². The van der Waals surface area contributed by atoms with Crippen molar-refractivity contribution in [2.75, 3.05) is 25.1 Å². The minimum absolute atomic E-state index is 0.0407. The summed E-state index contributed by atoms with van der Waals surface area (Å²) in [5.41, 5.74) is -0.831. The maximum atomic E-state index is 14.8. The summed E-state index contributed by atoms with van der Waals surface area (Å²) in [6.07, 6.45) is -2.05. The molecule has 5 rings (SSSR count). The van der Waals surface area contributed by atoms with Gasteiger partial charge in [0.2, 0.25) is 17.7 Å². The lowest BCUT2D eigenvalue weighted by atomic mass is 10.1. The Morgan fingerprint density at radius 1 is 1.25 bits per heavy atom. The van der Waals surface area contributed by atoms with Crippen molar-refractivity contribution in [1.29, 1.82) is 5.26 Å². The summed E-state index contributed by atoms with van der Waals surface area (Å²) in [6.45, 7) is 12.0. The van der Waals surface area contributed by atoms with Gasteiger partial charge in [0.15, 0.2) is 25.7 Å². The van der Waals surface area contributed by atoms with E-state index in [4.69, 9.17) is 32.0 Å². The molecule has 0 bridgehead atoms. The van der Waals surface area contributed by atoms with Crippen LogP contribution in [0.1, 0.15) is 60.1 Å². The van der Waals surface area contributed by atoms with E-state index < -0.39 is 91.1 Å². The standard InChI is InChI=1S/C33H48N8O13P2Si/c1-19(2)29(43)39-32-38-28-25(30(44)40-32)37-18-41(28)31-27(26(23(15-42)51-31)54-57(6,7)33(3,4)5)53-56(47,48-12-8-10-34)49-16-20-13-21(14-22(20)52-55(45)46)50-24-9-11-35-17-36-24/h9,11,17-23,26-27,31,42H,8,12-16H2,1-7H3,(H2-,38,39,40,43,44,45,46)/p+1/t20-,21-,22+,23-,26-,27-,31-,56?/m1/s1. The minimum atomic E-state index is -4.74. The molecule has 1 aliphatic carbocycles. The molecule has 9 atom stereocenters. The number of H-pyrrole nitrogens is 1. The number of imidazole rings is 1. The lowest BCUT2D eigenvalue weighted by Gasteiger charge is -2.40. The first kappa shape index (κ1) is 44.5. The lowest BCUT2D eigenvalue weighted by Crippen LogP contribution is -2.50. The van der Waals surface area contributed by atoms with E-state index in [1.165, 1.54) is 23.4 Å². The van der Waals surface area contributed by atoms with Crippen LogP contribution in [0.25, 0.3) is 11.2 Å². The molecule has 0 aromatic carbocycles. The Balaban J connectivity index is 1.52. The van der Waals surface area contributed by atoms with Crippen molar-refractivity contribution in [3.8, 4) is 11.9 Å². The Kier molecular flexibility index (Phi) is 14.5. The fraction of sp³-hybridized carbons (Fsp3) is 0.667.